The fourth-order valence-electron chi connectivity index (χ4n) is 4.27. The lowest BCUT2D eigenvalue weighted by Gasteiger charge is -2.34. The Morgan fingerprint density at radius 1 is 1.09 bits per heavy atom. The van der Waals surface area contributed by atoms with Crippen molar-refractivity contribution < 1.29 is 4.79 Å². The van der Waals surface area contributed by atoms with E-state index < -0.39 is 5.66 Å². The van der Waals surface area contributed by atoms with Gasteiger partial charge in [-0.15, -0.1) is 0 Å². The summed E-state index contributed by atoms with van der Waals surface area (Å²) in [5.74, 6) is 0.144. The van der Waals surface area contributed by atoms with Gasteiger partial charge in [0.05, 0.1) is 22.2 Å². The maximum Gasteiger partial charge on any atom is 0.234 e. The number of hydrogen-bond acceptors (Lipinski definition) is 5. The van der Waals surface area contributed by atoms with Crippen molar-refractivity contribution in [1.29, 1.82) is 0 Å². The van der Waals surface area contributed by atoms with Crippen molar-refractivity contribution >= 4 is 45.7 Å². The van der Waals surface area contributed by atoms with Crippen LogP contribution in [-0.2, 0) is 10.2 Å². The molecule has 2 aliphatic rings. The van der Waals surface area contributed by atoms with Crippen LogP contribution in [0.4, 0.5) is 5.69 Å². The first-order chi connectivity index (χ1) is 16.2. The molecule has 7 heteroatoms. The van der Waals surface area contributed by atoms with Crippen molar-refractivity contribution in [3.8, 4) is 0 Å². The molecule has 4 rings (SSSR count). The lowest BCUT2D eigenvalue weighted by molar-refractivity contribution is -0.113. The van der Waals surface area contributed by atoms with Crippen molar-refractivity contribution in [3.63, 3.8) is 0 Å². The number of likely N-dealkylation sites (tertiary alicyclic amines) is 1. The largest absolute Gasteiger partial charge is 0.324 e. The van der Waals surface area contributed by atoms with Crippen LogP contribution in [0, 0.1) is 0 Å². The third-order valence-electron chi connectivity index (χ3n) is 6.45. The molecular formula is C27H33ClN4OS. The van der Waals surface area contributed by atoms with Crippen molar-refractivity contribution in [2.24, 2.45) is 9.98 Å². The highest BCUT2D eigenvalue weighted by atomic mass is 35.5. The average molecular weight is 497 g/mol. The average Bonchev–Trinajstić information content (AvgIpc) is 3.17. The molecule has 0 saturated carbocycles. The summed E-state index contributed by atoms with van der Waals surface area (Å²) in [5.41, 5.74) is 3.54. The minimum absolute atomic E-state index is 0.0900. The van der Waals surface area contributed by atoms with E-state index in [-0.39, 0.29) is 17.1 Å². The van der Waals surface area contributed by atoms with E-state index in [0.29, 0.717) is 10.7 Å². The van der Waals surface area contributed by atoms with E-state index in [1.54, 1.807) is 12.1 Å². The number of benzene rings is 2. The smallest absolute Gasteiger partial charge is 0.234 e. The number of carbonyl (C=O) groups excluding carboxylic acids is 1. The maximum absolute atomic E-state index is 12.7. The van der Waals surface area contributed by atoms with Gasteiger partial charge in [-0.1, -0.05) is 87.5 Å². The molecular weight excluding hydrogens is 464 g/mol. The van der Waals surface area contributed by atoms with E-state index in [1.165, 1.54) is 17.3 Å². The predicted molar refractivity (Wildman–Crippen MR) is 146 cm³/mol. The Morgan fingerprint density at radius 2 is 1.76 bits per heavy atom. The summed E-state index contributed by atoms with van der Waals surface area (Å²) in [7, 11) is 0. The van der Waals surface area contributed by atoms with Crippen LogP contribution in [0.25, 0.3) is 0 Å². The lowest BCUT2D eigenvalue weighted by atomic mass is 9.86. The number of anilines is 1. The third-order valence-corrected chi connectivity index (χ3v) is 7.74. The van der Waals surface area contributed by atoms with Gasteiger partial charge in [-0.25, -0.2) is 4.99 Å². The Hall–Kier alpha value is -2.15. The van der Waals surface area contributed by atoms with E-state index in [0.717, 1.165) is 48.8 Å². The zero-order chi connectivity index (χ0) is 24.3. The maximum atomic E-state index is 12.7. The van der Waals surface area contributed by atoms with Crippen LogP contribution in [-0.4, -0.2) is 52.6 Å². The number of rotatable bonds is 5. The minimum atomic E-state index is -0.411. The molecule has 0 atom stereocenters. The molecule has 34 heavy (non-hydrogen) atoms. The molecule has 1 amide bonds. The number of para-hydroxylation sites is 1. The molecule has 2 aliphatic heterocycles. The van der Waals surface area contributed by atoms with E-state index in [4.69, 9.17) is 21.6 Å². The molecule has 0 radical (unpaired) electrons. The van der Waals surface area contributed by atoms with Crippen LogP contribution >= 0.6 is 23.4 Å². The molecule has 2 aromatic carbocycles. The summed E-state index contributed by atoms with van der Waals surface area (Å²) in [6.45, 7) is 11.9. The summed E-state index contributed by atoms with van der Waals surface area (Å²) < 4.78 is 0. The third kappa shape index (κ3) is 5.73. The number of carbonyl (C=O) groups is 1. The van der Waals surface area contributed by atoms with E-state index in [2.05, 4.69) is 62.2 Å². The van der Waals surface area contributed by atoms with Gasteiger partial charge in [-0.05, 0) is 29.7 Å². The topological polar surface area (TPSA) is 57.1 Å². The second kappa shape index (κ2) is 10.2. The van der Waals surface area contributed by atoms with Gasteiger partial charge in [-0.2, -0.15) is 0 Å². The Kier molecular flexibility index (Phi) is 7.51. The number of amides is 1. The van der Waals surface area contributed by atoms with Crippen molar-refractivity contribution in [2.45, 2.75) is 51.6 Å². The van der Waals surface area contributed by atoms with E-state index in [9.17, 15) is 4.79 Å². The van der Waals surface area contributed by atoms with E-state index in [1.807, 2.05) is 12.1 Å². The standard InChI is InChI=1S/C27H33ClN4OS/c1-5-32-16-14-27(15-17-32)30-24(19-10-12-20(13-11-19)26(2,3)4)25(31-27)34-18-23(33)29-22-9-7-6-8-21(22)28/h6-13H,5,14-18H2,1-4H3,(H,29,33). The van der Waals surface area contributed by atoms with Crippen LogP contribution < -0.4 is 5.32 Å². The van der Waals surface area contributed by atoms with Crippen LogP contribution in [0.3, 0.4) is 0 Å². The summed E-state index contributed by atoms with van der Waals surface area (Å²) in [5, 5.41) is 4.28. The summed E-state index contributed by atoms with van der Waals surface area (Å²) in [6, 6.07) is 15.9. The van der Waals surface area contributed by atoms with Gasteiger partial charge in [0, 0.05) is 31.5 Å². The molecule has 180 valence electrons. The molecule has 0 aliphatic carbocycles. The van der Waals surface area contributed by atoms with Gasteiger partial charge >= 0.3 is 0 Å². The molecule has 0 bridgehead atoms. The monoisotopic (exact) mass is 496 g/mol. The Morgan fingerprint density at radius 3 is 2.38 bits per heavy atom. The molecule has 1 fully saturated rings. The first kappa shape index (κ1) is 25.0. The number of nitrogens with zero attached hydrogens (tertiary/aromatic N) is 3. The molecule has 0 aromatic heterocycles. The molecule has 2 heterocycles. The molecule has 1 spiro atoms. The molecule has 1 N–H and O–H groups in total. The highest BCUT2D eigenvalue weighted by Gasteiger charge is 2.39. The van der Waals surface area contributed by atoms with Crippen LogP contribution in [0.1, 0.15) is 51.7 Å². The minimum Gasteiger partial charge on any atom is -0.324 e. The number of piperidine rings is 1. The Balaban J connectivity index is 1.54. The Bertz CT molecular complexity index is 1100. The van der Waals surface area contributed by atoms with Crippen LogP contribution in [0.5, 0.6) is 0 Å². The normalized spacial score (nSPS) is 18.0. The Labute approximate surface area is 212 Å². The first-order valence-electron chi connectivity index (χ1n) is 11.9. The molecule has 5 nitrogen and oxygen atoms in total. The second-order valence-electron chi connectivity index (χ2n) is 9.94. The SMILES string of the molecule is CCN1CCC2(CC1)N=C(SCC(=O)Nc1ccccc1Cl)C(c1ccc(C(C)(C)C)cc1)=N2. The first-order valence-corrected chi connectivity index (χ1v) is 13.3. The van der Waals surface area contributed by atoms with Gasteiger partial charge in [0.25, 0.3) is 0 Å². The zero-order valence-electron chi connectivity index (χ0n) is 20.4. The van der Waals surface area contributed by atoms with Crippen molar-refractivity contribution in [2.75, 3.05) is 30.7 Å². The number of hydrogen-bond donors (Lipinski definition) is 1. The number of halogens is 1. The zero-order valence-corrected chi connectivity index (χ0v) is 22.0. The van der Waals surface area contributed by atoms with Crippen LogP contribution in [0.15, 0.2) is 58.5 Å². The van der Waals surface area contributed by atoms with Gasteiger partial charge < -0.3 is 10.2 Å². The highest BCUT2D eigenvalue weighted by Crippen LogP contribution is 2.36. The molecule has 2 aromatic rings. The summed E-state index contributed by atoms with van der Waals surface area (Å²) in [4.78, 5) is 25.4. The lowest BCUT2D eigenvalue weighted by Crippen LogP contribution is -2.41. The van der Waals surface area contributed by atoms with Crippen molar-refractivity contribution in [1.82, 2.24) is 4.90 Å². The number of aliphatic imine (C=N–C) groups is 2. The molecule has 1 saturated heterocycles. The fourth-order valence-corrected chi connectivity index (χ4v) is 5.33. The van der Waals surface area contributed by atoms with Gasteiger partial charge in [0.15, 0.2) is 5.66 Å². The number of thioether (sulfide) groups is 1. The summed E-state index contributed by atoms with van der Waals surface area (Å²) >= 11 is 7.65. The second-order valence-corrected chi connectivity index (χ2v) is 11.3. The summed E-state index contributed by atoms with van der Waals surface area (Å²) in [6.07, 6.45) is 1.81. The molecule has 0 unspecified atom stereocenters. The quantitative estimate of drug-likeness (QED) is 0.550. The fraction of sp³-hybridized carbons (Fsp3) is 0.444. The van der Waals surface area contributed by atoms with Crippen molar-refractivity contribution in [3.05, 3.63) is 64.7 Å². The van der Waals surface area contributed by atoms with Crippen LogP contribution in [0.2, 0.25) is 5.02 Å². The van der Waals surface area contributed by atoms with Gasteiger partial charge in [-0.3, -0.25) is 9.79 Å². The highest BCUT2D eigenvalue weighted by molar-refractivity contribution is 8.16. The number of nitrogens with one attached hydrogen (secondary N) is 1. The van der Waals surface area contributed by atoms with Gasteiger partial charge in [0.2, 0.25) is 5.91 Å². The van der Waals surface area contributed by atoms with E-state index >= 15 is 0 Å². The predicted octanol–water partition coefficient (Wildman–Crippen LogP) is 6.02. The van der Waals surface area contributed by atoms with Gasteiger partial charge in [0.1, 0.15) is 5.04 Å².